The van der Waals surface area contributed by atoms with E-state index in [1.54, 1.807) is 0 Å². The first-order valence-corrected chi connectivity index (χ1v) is 7.93. The number of benzene rings is 1. The summed E-state index contributed by atoms with van der Waals surface area (Å²) in [4.78, 5) is 2.41. The maximum Gasteiger partial charge on any atom is 0.168 e. The number of para-hydroxylation sites is 1. The van der Waals surface area contributed by atoms with Crippen molar-refractivity contribution in [1.29, 1.82) is 0 Å². The van der Waals surface area contributed by atoms with Gasteiger partial charge in [0, 0.05) is 25.4 Å². The fourth-order valence-corrected chi connectivity index (χ4v) is 3.28. The van der Waals surface area contributed by atoms with Crippen LogP contribution in [0.3, 0.4) is 0 Å². The summed E-state index contributed by atoms with van der Waals surface area (Å²) in [6.45, 7) is 3.19. The van der Waals surface area contributed by atoms with Crippen LogP contribution in [0, 0.1) is 0 Å². The van der Waals surface area contributed by atoms with Crippen molar-refractivity contribution in [3.8, 4) is 5.75 Å². The molecule has 0 amide bonds. The van der Waals surface area contributed by atoms with Crippen LogP contribution in [0.5, 0.6) is 5.75 Å². The van der Waals surface area contributed by atoms with Gasteiger partial charge in [0.05, 0.1) is 13.2 Å². The molecule has 3 rings (SSSR count). The Labute approximate surface area is 127 Å². The minimum atomic E-state index is -0.252. The Hall–Kier alpha value is -1.10. The maximum absolute atomic E-state index is 5.78. The lowest BCUT2D eigenvalue weighted by atomic mass is 9.89. The van der Waals surface area contributed by atoms with Crippen molar-refractivity contribution in [3.05, 3.63) is 30.3 Å². The van der Waals surface area contributed by atoms with Crippen LogP contribution in [0.1, 0.15) is 25.7 Å². The Morgan fingerprint density at radius 1 is 1.14 bits per heavy atom. The van der Waals surface area contributed by atoms with Gasteiger partial charge in [0.1, 0.15) is 12.4 Å². The van der Waals surface area contributed by atoms with Gasteiger partial charge in [0.2, 0.25) is 0 Å². The molecule has 0 N–H and O–H groups in total. The fraction of sp³-hybridized carbons (Fsp3) is 0.647. The van der Waals surface area contributed by atoms with Crippen molar-refractivity contribution < 1.29 is 14.2 Å². The largest absolute Gasteiger partial charge is 0.492 e. The standard InChI is InChI=1S/C17H25NO3/c1-18(11-12-19-16-5-3-2-4-6-16)15-7-9-17(10-8-15)20-13-14-21-17/h2-6,15H,7-14H2,1H3. The second-order valence-corrected chi connectivity index (χ2v) is 5.98. The molecule has 116 valence electrons. The van der Waals surface area contributed by atoms with Crippen LogP contribution in [0.25, 0.3) is 0 Å². The van der Waals surface area contributed by atoms with E-state index in [9.17, 15) is 0 Å². The van der Waals surface area contributed by atoms with E-state index in [0.29, 0.717) is 6.04 Å². The SMILES string of the molecule is CN(CCOc1ccccc1)C1CCC2(CC1)OCCO2. The van der Waals surface area contributed by atoms with Crippen LogP contribution in [0.2, 0.25) is 0 Å². The Kier molecular flexibility index (Phi) is 4.78. The van der Waals surface area contributed by atoms with Crippen LogP contribution < -0.4 is 4.74 Å². The summed E-state index contributed by atoms with van der Waals surface area (Å²) >= 11 is 0. The highest BCUT2D eigenvalue weighted by Gasteiger charge is 2.40. The van der Waals surface area contributed by atoms with Crippen LogP contribution in [0.4, 0.5) is 0 Å². The molecule has 1 spiro atoms. The van der Waals surface area contributed by atoms with Crippen molar-refractivity contribution in [2.45, 2.75) is 37.5 Å². The van der Waals surface area contributed by atoms with Gasteiger partial charge in [-0.1, -0.05) is 18.2 Å². The summed E-state index contributed by atoms with van der Waals surface area (Å²) in [5, 5.41) is 0. The van der Waals surface area contributed by atoms with Gasteiger partial charge in [-0.2, -0.15) is 0 Å². The third kappa shape index (κ3) is 3.76. The molecule has 2 aliphatic rings. The first-order valence-electron chi connectivity index (χ1n) is 7.93. The summed E-state index contributed by atoms with van der Waals surface area (Å²) in [7, 11) is 2.19. The predicted molar refractivity (Wildman–Crippen MR) is 81.5 cm³/mol. The van der Waals surface area contributed by atoms with Gasteiger partial charge >= 0.3 is 0 Å². The summed E-state index contributed by atoms with van der Waals surface area (Å²) in [5.74, 6) is 0.693. The molecule has 1 saturated heterocycles. The van der Waals surface area contributed by atoms with Crippen LogP contribution in [0.15, 0.2) is 30.3 Å². The van der Waals surface area contributed by atoms with Crippen LogP contribution >= 0.6 is 0 Å². The van der Waals surface area contributed by atoms with Crippen LogP contribution in [-0.4, -0.2) is 50.1 Å². The first kappa shape index (κ1) is 14.8. The van der Waals surface area contributed by atoms with Gasteiger partial charge in [0.15, 0.2) is 5.79 Å². The molecule has 21 heavy (non-hydrogen) atoms. The molecule has 4 heteroatoms. The summed E-state index contributed by atoms with van der Waals surface area (Å²) in [6.07, 6.45) is 4.31. The zero-order chi connectivity index (χ0) is 14.5. The number of rotatable bonds is 5. The second-order valence-electron chi connectivity index (χ2n) is 5.98. The number of likely N-dealkylation sites (N-methyl/N-ethyl adjacent to an activating group) is 1. The van der Waals surface area contributed by atoms with E-state index in [1.165, 1.54) is 0 Å². The van der Waals surface area contributed by atoms with Crippen molar-refractivity contribution in [1.82, 2.24) is 4.90 Å². The number of hydrogen-bond acceptors (Lipinski definition) is 4. The number of hydrogen-bond donors (Lipinski definition) is 0. The maximum atomic E-state index is 5.78. The van der Waals surface area contributed by atoms with Crippen molar-refractivity contribution >= 4 is 0 Å². The molecular formula is C17H25NO3. The summed E-state index contributed by atoms with van der Waals surface area (Å²) < 4.78 is 17.3. The molecule has 4 nitrogen and oxygen atoms in total. The Bertz CT molecular complexity index is 421. The lowest BCUT2D eigenvalue weighted by Crippen LogP contribution is -2.43. The van der Waals surface area contributed by atoms with Crippen molar-refractivity contribution in [2.75, 3.05) is 33.4 Å². The Morgan fingerprint density at radius 2 is 1.81 bits per heavy atom. The quantitative estimate of drug-likeness (QED) is 0.834. The van der Waals surface area contributed by atoms with E-state index in [2.05, 4.69) is 11.9 Å². The summed E-state index contributed by atoms with van der Waals surface area (Å²) in [5.41, 5.74) is 0. The average Bonchev–Trinajstić information content (AvgIpc) is 2.97. The van der Waals surface area contributed by atoms with Gasteiger partial charge in [-0.25, -0.2) is 0 Å². The summed E-state index contributed by atoms with van der Waals surface area (Å²) in [6, 6.07) is 10.6. The molecule has 1 aromatic rings. The third-order valence-electron chi connectivity index (χ3n) is 4.61. The van der Waals surface area contributed by atoms with E-state index < -0.39 is 0 Å². The second kappa shape index (κ2) is 6.77. The first-order chi connectivity index (χ1) is 10.3. The van der Waals surface area contributed by atoms with Crippen molar-refractivity contribution in [3.63, 3.8) is 0 Å². The molecule has 0 bridgehead atoms. The molecule has 0 radical (unpaired) electrons. The molecular weight excluding hydrogens is 266 g/mol. The van der Waals surface area contributed by atoms with Gasteiger partial charge in [-0.05, 0) is 32.0 Å². The lowest BCUT2D eigenvalue weighted by molar-refractivity contribution is -0.183. The van der Waals surface area contributed by atoms with Crippen LogP contribution in [-0.2, 0) is 9.47 Å². The molecule has 1 aromatic carbocycles. The average molecular weight is 291 g/mol. The highest BCUT2D eigenvalue weighted by molar-refractivity contribution is 5.20. The minimum absolute atomic E-state index is 0.252. The van der Waals surface area contributed by atoms with E-state index in [4.69, 9.17) is 14.2 Å². The Balaban J connectivity index is 1.39. The monoisotopic (exact) mass is 291 g/mol. The smallest absolute Gasteiger partial charge is 0.168 e. The van der Waals surface area contributed by atoms with Gasteiger partial charge in [0.25, 0.3) is 0 Å². The van der Waals surface area contributed by atoms with E-state index >= 15 is 0 Å². The number of nitrogens with zero attached hydrogens (tertiary/aromatic N) is 1. The number of ether oxygens (including phenoxy) is 3. The topological polar surface area (TPSA) is 30.9 Å². The highest BCUT2D eigenvalue weighted by atomic mass is 16.7. The predicted octanol–water partition coefficient (Wildman–Crippen LogP) is 2.68. The fourth-order valence-electron chi connectivity index (χ4n) is 3.28. The molecule has 1 aliphatic carbocycles. The van der Waals surface area contributed by atoms with Gasteiger partial charge in [-0.15, -0.1) is 0 Å². The molecule has 0 atom stereocenters. The van der Waals surface area contributed by atoms with E-state index in [1.807, 2.05) is 30.3 Å². The lowest BCUT2D eigenvalue weighted by Gasteiger charge is -2.39. The van der Waals surface area contributed by atoms with Gasteiger partial charge in [-0.3, -0.25) is 0 Å². The molecule has 0 aromatic heterocycles. The molecule has 1 saturated carbocycles. The molecule has 0 unspecified atom stereocenters. The third-order valence-corrected chi connectivity index (χ3v) is 4.61. The molecule has 2 fully saturated rings. The zero-order valence-electron chi connectivity index (χ0n) is 12.8. The highest BCUT2D eigenvalue weighted by Crippen LogP contribution is 2.36. The minimum Gasteiger partial charge on any atom is -0.492 e. The van der Waals surface area contributed by atoms with Gasteiger partial charge < -0.3 is 19.1 Å². The molecule has 1 aliphatic heterocycles. The van der Waals surface area contributed by atoms with Crippen molar-refractivity contribution in [2.24, 2.45) is 0 Å². The van der Waals surface area contributed by atoms with E-state index in [-0.39, 0.29) is 5.79 Å². The Morgan fingerprint density at radius 3 is 2.48 bits per heavy atom. The normalized spacial score (nSPS) is 22.0. The zero-order valence-corrected chi connectivity index (χ0v) is 12.8. The molecule has 1 heterocycles. The van der Waals surface area contributed by atoms with E-state index in [0.717, 1.165) is 57.8 Å².